The lowest BCUT2D eigenvalue weighted by molar-refractivity contribution is -0.115. The smallest absolute Gasteiger partial charge is 0.263 e. The van der Waals surface area contributed by atoms with Gasteiger partial charge in [-0.2, -0.15) is 0 Å². The fraction of sp³-hybridized carbons (Fsp3) is 0. The van der Waals surface area contributed by atoms with Gasteiger partial charge in [0.2, 0.25) is 0 Å². The van der Waals surface area contributed by atoms with Crippen LogP contribution in [0.3, 0.4) is 0 Å². The molecule has 1 aliphatic heterocycles. The Hall–Kier alpha value is -1.27. The van der Waals surface area contributed by atoms with E-state index < -0.39 is 0 Å². The molecule has 0 spiro atoms. The van der Waals surface area contributed by atoms with E-state index in [1.165, 1.54) is 11.8 Å². The van der Waals surface area contributed by atoms with Gasteiger partial charge in [0.15, 0.2) is 0 Å². The van der Waals surface area contributed by atoms with Gasteiger partial charge in [0.1, 0.15) is 4.32 Å². The van der Waals surface area contributed by atoms with Crippen molar-refractivity contribution < 1.29 is 4.79 Å². The Bertz CT molecular complexity index is 754. The number of carbonyl (C=O) groups excluding carboxylic acids is 1. The molecule has 3 rings (SSSR count). The summed E-state index contributed by atoms with van der Waals surface area (Å²) < 4.78 is 0.506. The van der Waals surface area contributed by atoms with E-state index >= 15 is 0 Å². The van der Waals surface area contributed by atoms with Gasteiger partial charge in [-0.15, -0.1) is 0 Å². The Balaban J connectivity index is 1.73. The molecule has 2 nitrogen and oxygen atoms in total. The zero-order chi connectivity index (χ0) is 15.5. The summed E-state index contributed by atoms with van der Waals surface area (Å²) in [6.45, 7) is 0. The second-order valence-corrected chi connectivity index (χ2v) is 7.78. The van der Waals surface area contributed by atoms with Gasteiger partial charge in [-0.3, -0.25) is 4.79 Å². The van der Waals surface area contributed by atoms with Crippen molar-refractivity contribution in [2.75, 3.05) is 0 Å². The molecule has 2 aromatic rings. The summed E-state index contributed by atoms with van der Waals surface area (Å²) in [4.78, 5) is 14.5. The first-order valence-electron chi connectivity index (χ1n) is 6.38. The van der Waals surface area contributed by atoms with Gasteiger partial charge in [-0.1, -0.05) is 59.5 Å². The molecule has 1 aliphatic rings. The molecule has 0 aromatic heterocycles. The van der Waals surface area contributed by atoms with Crippen LogP contribution in [0.1, 0.15) is 5.56 Å². The Morgan fingerprint density at radius 2 is 1.64 bits per heavy atom. The Labute approximate surface area is 147 Å². The van der Waals surface area contributed by atoms with Crippen molar-refractivity contribution in [3.05, 3.63) is 64.0 Å². The van der Waals surface area contributed by atoms with Crippen LogP contribution >= 0.6 is 47.3 Å². The number of rotatable bonds is 3. The topological polar surface area (TPSA) is 29.1 Å². The van der Waals surface area contributed by atoms with Gasteiger partial charge in [0.25, 0.3) is 5.91 Å². The summed E-state index contributed by atoms with van der Waals surface area (Å²) in [5, 5.41) is 3.34. The first-order chi connectivity index (χ1) is 10.6. The number of thiocarbonyl (C=S) groups is 1. The third-order valence-corrected chi connectivity index (χ3v) is 5.30. The van der Waals surface area contributed by atoms with Crippen LogP contribution in [0.25, 0.3) is 6.08 Å². The second-order valence-electron chi connectivity index (χ2n) is 4.48. The number of benzene rings is 2. The molecule has 1 fully saturated rings. The summed E-state index contributed by atoms with van der Waals surface area (Å²) in [6, 6.07) is 15.8. The lowest BCUT2D eigenvalue weighted by Gasteiger charge is -2.03. The zero-order valence-electron chi connectivity index (χ0n) is 11.2. The number of hydrogen-bond acceptors (Lipinski definition) is 4. The Morgan fingerprint density at radius 3 is 2.18 bits per heavy atom. The molecule has 0 saturated carbocycles. The van der Waals surface area contributed by atoms with Crippen LogP contribution in [0.2, 0.25) is 5.02 Å². The molecule has 1 N–H and O–H groups in total. The summed E-state index contributed by atoms with van der Waals surface area (Å²) in [7, 11) is 0. The van der Waals surface area contributed by atoms with Gasteiger partial charge < -0.3 is 5.32 Å². The highest BCUT2D eigenvalue weighted by molar-refractivity contribution is 8.26. The fourth-order valence-electron chi connectivity index (χ4n) is 1.84. The van der Waals surface area contributed by atoms with E-state index in [0.717, 1.165) is 20.4 Å². The molecule has 0 unspecified atom stereocenters. The third-order valence-electron chi connectivity index (χ3n) is 2.87. The molecule has 6 heteroatoms. The van der Waals surface area contributed by atoms with Gasteiger partial charge in [0, 0.05) is 14.8 Å². The maximum absolute atomic E-state index is 11.6. The minimum absolute atomic E-state index is 0.130. The number of thioether (sulfide) groups is 1. The third kappa shape index (κ3) is 3.93. The molecule has 0 atom stereocenters. The summed E-state index contributed by atoms with van der Waals surface area (Å²) in [6.07, 6.45) is 1.84. The van der Waals surface area contributed by atoms with E-state index in [1.54, 1.807) is 11.8 Å². The average Bonchev–Trinajstić information content (AvgIpc) is 2.81. The first kappa shape index (κ1) is 15.6. The van der Waals surface area contributed by atoms with Crippen molar-refractivity contribution in [1.29, 1.82) is 0 Å². The van der Waals surface area contributed by atoms with Crippen LogP contribution in [-0.2, 0) is 4.79 Å². The predicted octanol–water partition coefficient (Wildman–Crippen LogP) is 4.98. The molecule has 0 radical (unpaired) electrons. The van der Waals surface area contributed by atoms with E-state index in [0.29, 0.717) is 9.23 Å². The number of hydrogen-bond donors (Lipinski definition) is 1. The number of halogens is 1. The van der Waals surface area contributed by atoms with Crippen molar-refractivity contribution in [1.82, 2.24) is 5.32 Å². The molecular weight excluding hydrogens is 354 g/mol. The van der Waals surface area contributed by atoms with E-state index in [2.05, 4.69) is 5.32 Å². The van der Waals surface area contributed by atoms with Crippen LogP contribution in [0.5, 0.6) is 0 Å². The molecule has 1 amide bonds. The lowest BCUT2D eigenvalue weighted by atomic mass is 10.2. The highest BCUT2D eigenvalue weighted by Crippen LogP contribution is 2.30. The van der Waals surface area contributed by atoms with Crippen molar-refractivity contribution in [3.63, 3.8) is 0 Å². The monoisotopic (exact) mass is 363 g/mol. The standard InChI is InChI=1S/C16H10ClNOS3/c17-11-3-7-13(8-4-11)21-12-5-1-10(2-6-12)9-14-15(19)18-16(20)22-14/h1-9H,(H,18,19,20)/b14-9-. The molecule has 0 aliphatic carbocycles. The van der Waals surface area contributed by atoms with Gasteiger partial charge >= 0.3 is 0 Å². The molecule has 22 heavy (non-hydrogen) atoms. The number of carbonyl (C=O) groups is 1. The average molecular weight is 364 g/mol. The van der Waals surface area contributed by atoms with E-state index in [9.17, 15) is 4.79 Å². The zero-order valence-corrected chi connectivity index (χ0v) is 14.4. The summed E-state index contributed by atoms with van der Waals surface area (Å²) in [5.41, 5.74) is 0.975. The van der Waals surface area contributed by atoms with Crippen LogP contribution in [0, 0.1) is 0 Å². The van der Waals surface area contributed by atoms with Crippen molar-refractivity contribution in [2.24, 2.45) is 0 Å². The van der Waals surface area contributed by atoms with Crippen molar-refractivity contribution in [3.8, 4) is 0 Å². The van der Waals surface area contributed by atoms with Gasteiger partial charge in [-0.05, 0) is 48.0 Å². The number of amides is 1. The van der Waals surface area contributed by atoms with Crippen LogP contribution in [0.15, 0.2) is 63.2 Å². The second kappa shape index (κ2) is 6.87. The van der Waals surface area contributed by atoms with Gasteiger partial charge in [0.05, 0.1) is 4.91 Å². The maximum Gasteiger partial charge on any atom is 0.263 e. The summed E-state index contributed by atoms with van der Waals surface area (Å²) in [5.74, 6) is -0.130. The van der Waals surface area contributed by atoms with Crippen LogP contribution in [-0.4, -0.2) is 10.2 Å². The van der Waals surface area contributed by atoms with Crippen LogP contribution < -0.4 is 5.32 Å². The Morgan fingerprint density at radius 1 is 1.05 bits per heavy atom. The molecule has 1 saturated heterocycles. The van der Waals surface area contributed by atoms with E-state index in [1.807, 2.05) is 54.6 Å². The van der Waals surface area contributed by atoms with Gasteiger partial charge in [-0.25, -0.2) is 0 Å². The maximum atomic E-state index is 11.6. The fourth-order valence-corrected chi connectivity index (χ4v) is 3.83. The van der Waals surface area contributed by atoms with E-state index in [4.69, 9.17) is 23.8 Å². The molecular formula is C16H10ClNOS3. The lowest BCUT2D eigenvalue weighted by Crippen LogP contribution is -2.17. The number of nitrogens with one attached hydrogen (secondary N) is 1. The highest BCUT2D eigenvalue weighted by atomic mass is 35.5. The normalized spacial score (nSPS) is 16.1. The van der Waals surface area contributed by atoms with Crippen LogP contribution in [0.4, 0.5) is 0 Å². The Kier molecular flexibility index (Phi) is 4.88. The largest absolute Gasteiger partial charge is 0.307 e. The highest BCUT2D eigenvalue weighted by Gasteiger charge is 2.21. The summed E-state index contributed by atoms with van der Waals surface area (Å²) >= 11 is 13.8. The SMILES string of the molecule is O=C1NC(=S)S/C1=C\c1ccc(Sc2ccc(Cl)cc2)cc1. The molecule has 2 aromatic carbocycles. The molecule has 1 heterocycles. The van der Waals surface area contributed by atoms with Crippen molar-refractivity contribution in [2.45, 2.75) is 9.79 Å². The molecule has 110 valence electrons. The minimum atomic E-state index is -0.130. The first-order valence-corrected chi connectivity index (χ1v) is 8.80. The van der Waals surface area contributed by atoms with E-state index in [-0.39, 0.29) is 5.91 Å². The minimum Gasteiger partial charge on any atom is -0.307 e. The molecule has 0 bridgehead atoms. The van der Waals surface area contributed by atoms with Crippen molar-refractivity contribution >= 4 is 63.6 Å². The quantitative estimate of drug-likeness (QED) is 0.615. The predicted molar refractivity (Wildman–Crippen MR) is 98.3 cm³/mol.